The van der Waals surface area contributed by atoms with Crippen molar-refractivity contribution in [1.82, 2.24) is 0 Å². The van der Waals surface area contributed by atoms with E-state index in [4.69, 9.17) is 26.3 Å². The van der Waals surface area contributed by atoms with Crippen LogP contribution in [0.5, 0.6) is 11.5 Å². The van der Waals surface area contributed by atoms with Gasteiger partial charge in [-0.15, -0.1) is 0 Å². The molecular formula is C15H11N5O4. The van der Waals surface area contributed by atoms with Crippen molar-refractivity contribution < 1.29 is 14.8 Å². The van der Waals surface area contributed by atoms with E-state index in [1.54, 1.807) is 25.1 Å². The zero-order valence-electron chi connectivity index (χ0n) is 12.5. The number of phenolic OH excluding ortho intramolecular Hbond substituents is 1. The topological polar surface area (TPSA) is 170 Å². The van der Waals surface area contributed by atoms with Gasteiger partial charge in [-0.25, -0.2) is 0 Å². The van der Waals surface area contributed by atoms with Crippen LogP contribution in [0.2, 0.25) is 0 Å². The zero-order valence-corrected chi connectivity index (χ0v) is 12.5. The number of benzene rings is 1. The van der Waals surface area contributed by atoms with Crippen molar-refractivity contribution in [3.8, 4) is 29.7 Å². The molecular weight excluding hydrogens is 314 g/mol. The van der Waals surface area contributed by atoms with Crippen molar-refractivity contribution in [3.05, 3.63) is 44.7 Å². The van der Waals surface area contributed by atoms with Crippen molar-refractivity contribution in [1.29, 1.82) is 15.8 Å². The monoisotopic (exact) mass is 325 g/mol. The number of hydrogen-bond donors (Lipinski definition) is 2. The van der Waals surface area contributed by atoms with Crippen LogP contribution >= 0.6 is 0 Å². The van der Waals surface area contributed by atoms with E-state index in [1.807, 2.05) is 0 Å². The third-order valence-corrected chi connectivity index (χ3v) is 2.79. The maximum atomic E-state index is 11.0. The summed E-state index contributed by atoms with van der Waals surface area (Å²) in [6, 6.07) is 7.11. The van der Waals surface area contributed by atoms with E-state index in [0.29, 0.717) is 0 Å². The van der Waals surface area contributed by atoms with Crippen molar-refractivity contribution in [3.63, 3.8) is 0 Å². The molecule has 1 rings (SSSR count). The molecule has 0 amide bonds. The van der Waals surface area contributed by atoms with Crippen LogP contribution in [0, 0.1) is 44.1 Å². The maximum Gasteiger partial charge on any atom is 0.315 e. The summed E-state index contributed by atoms with van der Waals surface area (Å²) in [6.45, 7) is 1.78. The molecule has 3 N–H and O–H groups in total. The summed E-state index contributed by atoms with van der Waals surface area (Å²) in [7, 11) is 0. The average molecular weight is 325 g/mol. The van der Waals surface area contributed by atoms with Crippen LogP contribution in [-0.2, 0) is 0 Å². The van der Waals surface area contributed by atoms with Crippen LogP contribution in [0.1, 0.15) is 12.5 Å². The SMILES string of the molecule is CCOc1cc(/C=C(\C#N)C(N)=C(C#N)C#N)cc([N+](=O)[O-])c1O. The van der Waals surface area contributed by atoms with Crippen LogP contribution in [0.25, 0.3) is 6.08 Å². The van der Waals surface area contributed by atoms with Gasteiger partial charge in [0.15, 0.2) is 11.3 Å². The van der Waals surface area contributed by atoms with Gasteiger partial charge >= 0.3 is 5.69 Å². The summed E-state index contributed by atoms with van der Waals surface area (Å²) in [6.07, 6.45) is 1.15. The number of ether oxygens (including phenoxy) is 1. The molecule has 0 aliphatic carbocycles. The van der Waals surface area contributed by atoms with Gasteiger partial charge in [-0.2, -0.15) is 15.8 Å². The van der Waals surface area contributed by atoms with Crippen molar-refractivity contribution in [2.24, 2.45) is 5.73 Å². The molecule has 0 heterocycles. The number of allylic oxidation sites excluding steroid dienone is 2. The Morgan fingerprint density at radius 1 is 1.38 bits per heavy atom. The van der Waals surface area contributed by atoms with E-state index in [0.717, 1.165) is 12.1 Å². The molecule has 24 heavy (non-hydrogen) atoms. The first-order chi connectivity index (χ1) is 11.4. The Kier molecular flexibility index (Phi) is 5.88. The summed E-state index contributed by atoms with van der Waals surface area (Å²) in [5.74, 6) is -0.783. The Morgan fingerprint density at radius 2 is 2.00 bits per heavy atom. The molecule has 0 unspecified atom stereocenters. The number of nitro groups is 1. The van der Waals surface area contributed by atoms with Gasteiger partial charge < -0.3 is 15.6 Å². The van der Waals surface area contributed by atoms with Gasteiger partial charge in [-0.05, 0) is 24.6 Å². The molecule has 1 aromatic carbocycles. The summed E-state index contributed by atoms with van der Waals surface area (Å²) < 4.78 is 5.12. The molecule has 0 aliphatic rings. The predicted molar refractivity (Wildman–Crippen MR) is 82.0 cm³/mol. The number of phenols is 1. The van der Waals surface area contributed by atoms with Gasteiger partial charge in [0.05, 0.1) is 22.8 Å². The standard InChI is InChI=1S/C15H11N5O4/c1-2-24-13-5-9(4-12(15(13)21)20(22)23)3-10(6-16)14(19)11(7-17)8-18/h3-5,21H,2,19H2,1H3/b10-3+. The predicted octanol–water partition coefficient (Wildman–Crippen LogP) is 1.87. The first kappa shape index (κ1) is 18.0. The lowest BCUT2D eigenvalue weighted by Crippen LogP contribution is -2.03. The smallest absolute Gasteiger partial charge is 0.315 e. The zero-order chi connectivity index (χ0) is 18.3. The minimum absolute atomic E-state index is 0.137. The lowest BCUT2D eigenvalue weighted by atomic mass is 10.0. The van der Waals surface area contributed by atoms with Crippen molar-refractivity contribution >= 4 is 11.8 Å². The van der Waals surface area contributed by atoms with Crippen molar-refractivity contribution in [2.45, 2.75) is 6.92 Å². The average Bonchev–Trinajstić information content (AvgIpc) is 2.56. The van der Waals surface area contributed by atoms with Gasteiger partial charge in [-0.1, -0.05) is 0 Å². The largest absolute Gasteiger partial charge is 0.500 e. The molecule has 0 bridgehead atoms. The van der Waals surface area contributed by atoms with E-state index in [1.165, 1.54) is 6.07 Å². The third-order valence-electron chi connectivity index (χ3n) is 2.79. The molecule has 0 aromatic heterocycles. The minimum atomic E-state index is -0.809. The lowest BCUT2D eigenvalue weighted by molar-refractivity contribution is -0.386. The Hall–Kier alpha value is -4.03. The minimum Gasteiger partial charge on any atom is -0.500 e. The highest BCUT2D eigenvalue weighted by atomic mass is 16.6. The lowest BCUT2D eigenvalue weighted by Gasteiger charge is -2.08. The van der Waals surface area contributed by atoms with E-state index in [9.17, 15) is 15.2 Å². The first-order valence-corrected chi connectivity index (χ1v) is 6.45. The first-order valence-electron chi connectivity index (χ1n) is 6.45. The third kappa shape index (κ3) is 3.79. The van der Waals surface area contributed by atoms with Crippen LogP contribution in [-0.4, -0.2) is 16.6 Å². The molecule has 0 radical (unpaired) electrons. The van der Waals surface area contributed by atoms with Crippen molar-refractivity contribution in [2.75, 3.05) is 6.61 Å². The molecule has 0 aliphatic heterocycles. The van der Waals surface area contributed by atoms with E-state index < -0.39 is 21.9 Å². The number of nitrogens with two attached hydrogens (primary N) is 1. The number of nitrogens with zero attached hydrogens (tertiary/aromatic N) is 4. The second-order valence-electron chi connectivity index (χ2n) is 4.26. The van der Waals surface area contributed by atoms with Gasteiger partial charge in [0.25, 0.3) is 0 Å². The maximum absolute atomic E-state index is 11.0. The number of aromatic hydroxyl groups is 1. The van der Waals surface area contributed by atoms with Crippen LogP contribution in [0.15, 0.2) is 29.0 Å². The number of nitro benzene ring substituents is 1. The second kappa shape index (κ2) is 7.83. The molecule has 120 valence electrons. The summed E-state index contributed by atoms with van der Waals surface area (Å²) in [4.78, 5) is 10.2. The molecule has 9 heteroatoms. The fraction of sp³-hybridized carbons (Fsp3) is 0.133. The van der Waals surface area contributed by atoms with E-state index in [2.05, 4.69) is 0 Å². The Labute approximate surface area is 136 Å². The van der Waals surface area contributed by atoms with Gasteiger partial charge in [0.2, 0.25) is 5.75 Å². The highest BCUT2D eigenvalue weighted by Gasteiger charge is 2.20. The molecule has 0 atom stereocenters. The molecule has 0 saturated carbocycles. The van der Waals surface area contributed by atoms with Crippen LogP contribution in [0.3, 0.4) is 0 Å². The number of hydrogen-bond acceptors (Lipinski definition) is 8. The van der Waals surface area contributed by atoms with Gasteiger partial charge in [0.1, 0.15) is 18.2 Å². The summed E-state index contributed by atoms with van der Waals surface area (Å²) >= 11 is 0. The van der Waals surface area contributed by atoms with E-state index in [-0.39, 0.29) is 29.2 Å². The van der Waals surface area contributed by atoms with Gasteiger partial charge in [0, 0.05) is 6.07 Å². The fourth-order valence-electron chi connectivity index (χ4n) is 1.72. The molecule has 0 spiro atoms. The molecule has 0 saturated heterocycles. The second-order valence-corrected chi connectivity index (χ2v) is 4.26. The highest BCUT2D eigenvalue weighted by Crippen LogP contribution is 2.37. The highest BCUT2D eigenvalue weighted by molar-refractivity contribution is 5.70. The van der Waals surface area contributed by atoms with Crippen LogP contribution < -0.4 is 10.5 Å². The Morgan fingerprint density at radius 3 is 2.46 bits per heavy atom. The molecule has 9 nitrogen and oxygen atoms in total. The number of nitriles is 3. The fourth-order valence-corrected chi connectivity index (χ4v) is 1.72. The number of rotatable bonds is 5. The quantitative estimate of drug-likeness (QED) is 0.357. The summed E-state index contributed by atoms with van der Waals surface area (Å²) in [5.41, 5.74) is 4.08. The molecule has 0 fully saturated rings. The Balaban J connectivity index is 3.60. The summed E-state index contributed by atoms with van der Waals surface area (Å²) in [5, 5.41) is 47.5. The van der Waals surface area contributed by atoms with E-state index >= 15 is 0 Å². The van der Waals surface area contributed by atoms with Crippen LogP contribution in [0.4, 0.5) is 5.69 Å². The Bertz CT molecular complexity index is 850. The van der Waals surface area contributed by atoms with Gasteiger partial charge in [-0.3, -0.25) is 10.1 Å². The molecule has 1 aromatic rings. The normalized spacial score (nSPS) is 10.0.